The summed E-state index contributed by atoms with van der Waals surface area (Å²) in [4.78, 5) is 23.4. The molecule has 0 aliphatic rings. The van der Waals surface area contributed by atoms with Crippen LogP contribution in [0.2, 0.25) is 0 Å². The van der Waals surface area contributed by atoms with Crippen molar-refractivity contribution in [1.29, 1.82) is 0 Å². The number of hydrogen-bond acceptors (Lipinski definition) is 4. The minimum atomic E-state index is -0.430. The van der Waals surface area contributed by atoms with Gasteiger partial charge in [0.15, 0.2) is 0 Å². The monoisotopic (exact) mass is 244 g/mol. The summed E-state index contributed by atoms with van der Waals surface area (Å²) in [5, 5.41) is 0. The molecule has 0 saturated heterocycles. The van der Waals surface area contributed by atoms with Crippen molar-refractivity contribution in [2.24, 2.45) is 11.8 Å². The highest BCUT2D eigenvalue weighted by Gasteiger charge is 2.31. The maximum Gasteiger partial charge on any atom is 0.309 e. The Labute approximate surface area is 104 Å². The van der Waals surface area contributed by atoms with E-state index in [-0.39, 0.29) is 17.9 Å². The van der Waals surface area contributed by atoms with Crippen LogP contribution in [0.25, 0.3) is 0 Å². The van der Waals surface area contributed by atoms with Crippen LogP contribution in [0.5, 0.6) is 0 Å². The topological polar surface area (TPSA) is 52.6 Å². The van der Waals surface area contributed by atoms with Crippen LogP contribution in [-0.2, 0) is 19.1 Å². The molecule has 0 bridgehead atoms. The number of ether oxygens (including phenoxy) is 2. The SMILES string of the molecule is CCCCC(C(=O)OCC)C(C)C(=O)OCC. The Morgan fingerprint density at radius 2 is 1.53 bits per heavy atom. The average molecular weight is 244 g/mol. The first-order valence-electron chi connectivity index (χ1n) is 6.41. The Morgan fingerprint density at radius 1 is 1.00 bits per heavy atom. The minimum absolute atomic E-state index is 0.290. The molecule has 0 aliphatic carbocycles. The molecule has 0 aliphatic heterocycles. The minimum Gasteiger partial charge on any atom is -0.466 e. The van der Waals surface area contributed by atoms with Crippen LogP contribution in [0.15, 0.2) is 0 Å². The van der Waals surface area contributed by atoms with Gasteiger partial charge < -0.3 is 9.47 Å². The van der Waals surface area contributed by atoms with Crippen molar-refractivity contribution in [2.45, 2.75) is 47.0 Å². The standard InChI is InChI=1S/C13H24O4/c1-5-8-9-11(13(15)17-7-3)10(4)12(14)16-6-2/h10-11H,5-9H2,1-4H3. The van der Waals surface area contributed by atoms with Gasteiger partial charge in [-0.3, -0.25) is 9.59 Å². The van der Waals surface area contributed by atoms with Crippen LogP contribution in [-0.4, -0.2) is 25.2 Å². The van der Waals surface area contributed by atoms with Crippen LogP contribution < -0.4 is 0 Å². The molecule has 0 heterocycles. The molecule has 2 unspecified atom stereocenters. The number of carbonyl (C=O) groups excluding carboxylic acids is 2. The van der Waals surface area contributed by atoms with Gasteiger partial charge in [-0.1, -0.05) is 26.7 Å². The third-order valence-corrected chi connectivity index (χ3v) is 2.72. The Hall–Kier alpha value is -1.06. The van der Waals surface area contributed by atoms with E-state index in [1.165, 1.54) is 0 Å². The summed E-state index contributed by atoms with van der Waals surface area (Å²) in [6.45, 7) is 8.00. The lowest BCUT2D eigenvalue weighted by Crippen LogP contribution is -2.30. The summed E-state index contributed by atoms with van der Waals surface area (Å²) in [5.74, 6) is -1.42. The molecule has 4 nitrogen and oxygen atoms in total. The van der Waals surface area contributed by atoms with Gasteiger partial charge in [0, 0.05) is 0 Å². The molecule has 100 valence electrons. The highest BCUT2D eigenvalue weighted by atomic mass is 16.5. The summed E-state index contributed by atoms with van der Waals surface area (Å²) in [5.41, 5.74) is 0. The Morgan fingerprint density at radius 3 is 2.00 bits per heavy atom. The highest BCUT2D eigenvalue weighted by molar-refractivity contribution is 5.81. The molecule has 0 rings (SSSR count). The van der Waals surface area contributed by atoms with Crippen molar-refractivity contribution in [3.8, 4) is 0 Å². The van der Waals surface area contributed by atoms with Crippen molar-refractivity contribution in [3.63, 3.8) is 0 Å². The number of esters is 2. The van der Waals surface area contributed by atoms with Gasteiger partial charge >= 0.3 is 11.9 Å². The van der Waals surface area contributed by atoms with Crippen molar-refractivity contribution >= 4 is 11.9 Å². The molecule has 2 atom stereocenters. The van der Waals surface area contributed by atoms with Gasteiger partial charge in [0.25, 0.3) is 0 Å². The average Bonchev–Trinajstić information content (AvgIpc) is 2.30. The van der Waals surface area contributed by atoms with Gasteiger partial charge in [-0.05, 0) is 20.3 Å². The first-order chi connectivity index (χ1) is 8.08. The predicted octanol–water partition coefficient (Wildman–Crippen LogP) is 2.56. The summed E-state index contributed by atoms with van der Waals surface area (Å²) in [6.07, 6.45) is 2.58. The van der Waals surface area contributed by atoms with Gasteiger partial charge in [-0.2, -0.15) is 0 Å². The Kier molecular flexibility index (Phi) is 8.46. The van der Waals surface area contributed by atoms with Crippen LogP contribution >= 0.6 is 0 Å². The van der Waals surface area contributed by atoms with Gasteiger partial charge in [0.2, 0.25) is 0 Å². The molecule has 0 amide bonds. The van der Waals surface area contributed by atoms with Crippen LogP contribution in [0.4, 0.5) is 0 Å². The lowest BCUT2D eigenvalue weighted by molar-refractivity contribution is -0.160. The predicted molar refractivity (Wildman–Crippen MR) is 65.4 cm³/mol. The molecule has 0 radical (unpaired) electrons. The zero-order valence-electron chi connectivity index (χ0n) is 11.3. The van der Waals surface area contributed by atoms with E-state index in [9.17, 15) is 9.59 Å². The second-order valence-corrected chi connectivity index (χ2v) is 4.04. The first kappa shape index (κ1) is 15.9. The van der Waals surface area contributed by atoms with Crippen molar-refractivity contribution in [3.05, 3.63) is 0 Å². The second kappa shape index (κ2) is 9.02. The fraction of sp³-hybridized carbons (Fsp3) is 0.846. The Balaban J connectivity index is 4.53. The van der Waals surface area contributed by atoms with Crippen molar-refractivity contribution < 1.29 is 19.1 Å². The van der Waals surface area contributed by atoms with Crippen LogP contribution in [0.1, 0.15) is 47.0 Å². The molecule has 4 heteroatoms. The second-order valence-electron chi connectivity index (χ2n) is 4.04. The molecule has 0 fully saturated rings. The maximum atomic E-state index is 11.8. The molecule has 17 heavy (non-hydrogen) atoms. The molecule has 0 saturated carbocycles. The molecule has 0 aromatic rings. The summed E-state index contributed by atoms with van der Waals surface area (Å²) < 4.78 is 9.95. The van der Waals surface area contributed by atoms with E-state index in [0.717, 1.165) is 12.8 Å². The molecular weight excluding hydrogens is 220 g/mol. The highest BCUT2D eigenvalue weighted by Crippen LogP contribution is 2.21. The quantitative estimate of drug-likeness (QED) is 0.616. The first-order valence-corrected chi connectivity index (χ1v) is 6.41. The van der Waals surface area contributed by atoms with Crippen LogP contribution in [0.3, 0.4) is 0 Å². The third-order valence-electron chi connectivity index (χ3n) is 2.72. The lowest BCUT2D eigenvalue weighted by atomic mass is 9.89. The van der Waals surface area contributed by atoms with Gasteiger partial charge in [0.05, 0.1) is 25.0 Å². The lowest BCUT2D eigenvalue weighted by Gasteiger charge is -2.20. The number of hydrogen-bond donors (Lipinski definition) is 0. The van der Waals surface area contributed by atoms with Crippen LogP contribution in [0, 0.1) is 11.8 Å². The summed E-state index contributed by atoms with van der Waals surface area (Å²) >= 11 is 0. The molecule has 0 aromatic heterocycles. The van der Waals surface area contributed by atoms with E-state index in [1.807, 2.05) is 0 Å². The molecule has 0 aromatic carbocycles. The number of unbranched alkanes of at least 4 members (excludes halogenated alkanes) is 1. The van der Waals surface area contributed by atoms with Gasteiger partial charge in [-0.15, -0.1) is 0 Å². The number of rotatable bonds is 8. The largest absolute Gasteiger partial charge is 0.466 e. The van der Waals surface area contributed by atoms with E-state index in [0.29, 0.717) is 19.6 Å². The Bertz CT molecular complexity index is 238. The van der Waals surface area contributed by atoms with E-state index in [2.05, 4.69) is 6.92 Å². The molecule has 0 spiro atoms. The van der Waals surface area contributed by atoms with Crippen molar-refractivity contribution in [1.82, 2.24) is 0 Å². The van der Waals surface area contributed by atoms with E-state index >= 15 is 0 Å². The molecular formula is C13H24O4. The van der Waals surface area contributed by atoms with Gasteiger partial charge in [0.1, 0.15) is 0 Å². The van der Waals surface area contributed by atoms with E-state index < -0.39 is 5.92 Å². The van der Waals surface area contributed by atoms with E-state index in [4.69, 9.17) is 9.47 Å². The van der Waals surface area contributed by atoms with Crippen molar-refractivity contribution in [2.75, 3.05) is 13.2 Å². The fourth-order valence-electron chi connectivity index (χ4n) is 1.68. The normalized spacial score (nSPS) is 13.9. The van der Waals surface area contributed by atoms with Gasteiger partial charge in [-0.25, -0.2) is 0 Å². The zero-order chi connectivity index (χ0) is 13.3. The number of carbonyl (C=O) groups is 2. The fourth-order valence-corrected chi connectivity index (χ4v) is 1.68. The summed E-state index contributed by atoms with van der Waals surface area (Å²) in [7, 11) is 0. The van der Waals surface area contributed by atoms with E-state index in [1.54, 1.807) is 20.8 Å². The zero-order valence-corrected chi connectivity index (χ0v) is 11.3. The third kappa shape index (κ3) is 5.71. The summed E-state index contributed by atoms with van der Waals surface area (Å²) in [6, 6.07) is 0. The maximum absolute atomic E-state index is 11.8. The smallest absolute Gasteiger partial charge is 0.309 e. The molecule has 0 N–H and O–H groups in total.